The lowest BCUT2D eigenvalue weighted by Gasteiger charge is -2.10. The van der Waals surface area contributed by atoms with Crippen LogP contribution in [0.25, 0.3) is 0 Å². The lowest BCUT2D eigenvalue weighted by Crippen LogP contribution is -2.21. The van der Waals surface area contributed by atoms with Gasteiger partial charge < -0.3 is 20.1 Å². The lowest BCUT2D eigenvalue weighted by molar-refractivity contribution is -0.147. The van der Waals surface area contributed by atoms with Crippen molar-refractivity contribution < 1.29 is 24.9 Å². The summed E-state index contributed by atoms with van der Waals surface area (Å²) < 4.78 is 4.83. The molecule has 0 fully saturated rings. The van der Waals surface area contributed by atoms with E-state index in [9.17, 15) is 9.90 Å². The first-order valence-electron chi connectivity index (χ1n) is 9.72. The number of rotatable bonds is 17. The van der Waals surface area contributed by atoms with Crippen LogP contribution in [0.4, 0.5) is 0 Å². The summed E-state index contributed by atoms with van der Waals surface area (Å²) in [4.78, 5) is 11.4. The first-order valence-corrected chi connectivity index (χ1v) is 9.72. The molecule has 0 bridgehead atoms. The van der Waals surface area contributed by atoms with Crippen molar-refractivity contribution in [2.24, 2.45) is 0 Å². The third-order valence-electron chi connectivity index (χ3n) is 4.21. The number of hydrogen-bond donors (Lipinski definition) is 3. The molecule has 5 heteroatoms. The molecule has 1 unspecified atom stereocenters. The summed E-state index contributed by atoms with van der Waals surface area (Å²) in [5.41, 5.74) is 0. The normalized spacial score (nSPS) is 13.7. The van der Waals surface area contributed by atoms with E-state index in [1.165, 1.54) is 25.7 Å². The van der Waals surface area contributed by atoms with Crippen LogP contribution in [0, 0.1) is 0 Å². The molecular formula is C19H38O5. The van der Waals surface area contributed by atoms with Crippen molar-refractivity contribution in [2.75, 3.05) is 13.2 Å². The van der Waals surface area contributed by atoms with Crippen molar-refractivity contribution in [3.8, 4) is 0 Å². The monoisotopic (exact) mass is 346 g/mol. The van der Waals surface area contributed by atoms with E-state index in [1.807, 2.05) is 0 Å². The van der Waals surface area contributed by atoms with Crippen molar-refractivity contribution in [1.29, 1.82) is 0 Å². The molecule has 0 radical (unpaired) electrons. The van der Waals surface area contributed by atoms with E-state index in [1.54, 1.807) is 0 Å². The van der Waals surface area contributed by atoms with Gasteiger partial charge in [-0.2, -0.15) is 0 Å². The Bertz CT molecular complexity index is 283. The molecule has 0 saturated carbocycles. The second-order valence-electron chi connectivity index (χ2n) is 6.68. The Kier molecular flexibility index (Phi) is 16.7. The summed E-state index contributed by atoms with van der Waals surface area (Å²) in [6.45, 7) is 1.68. The minimum absolute atomic E-state index is 0.133. The number of hydrogen-bond acceptors (Lipinski definition) is 5. The highest BCUT2D eigenvalue weighted by Gasteiger charge is 2.07. The standard InChI is InChI=1S/C19H38O5/c1-2-3-4-6-9-12-17(21)13-10-7-5-8-11-14-19(23)24-16-18(22)15-20/h17-18,20-22H,2-16H2,1H3/t17?,18-/m1/s1. The van der Waals surface area contributed by atoms with Gasteiger partial charge in [-0.15, -0.1) is 0 Å². The number of unbranched alkanes of at least 4 members (excludes halogenated alkanes) is 8. The summed E-state index contributed by atoms with van der Waals surface area (Å²) >= 11 is 0. The Morgan fingerprint density at radius 1 is 0.833 bits per heavy atom. The second-order valence-corrected chi connectivity index (χ2v) is 6.68. The Labute approximate surface area is 147 Å². The van der Waals surface area contributed by atoms with E-state index in [4.69, 9.17) is 14.9 Å². The number of carbonyl (C=O) groups is 1. The molecule has 5 nitrogen and oxygen atoms in total. The number of aliphatic hydroxyl groups is 3. The maximum absolute atomic E-state index is 11.4. The molecular weight excluding hydrogens is 308 g/mol. The zero-order valence-corrected chi connectivity index (χ0v) is 15.4. The van der Waals surface area contributed by atoms with E-state index >= 15 is 0 Å². The van der Waals surface area contributed by atoms with E-state index in [0.29, 0.717) is 6.42 Å². The Balaban J connectivity index is 3.30. The average Bonchev–Trinajstić information content (AvgIpc) is 2.58. The van der Waals surface area contributed by atoms with Gasteiger partial charge in [0.15, 0.2) is 0 Å². The summed E-state index contributed by atoms with van der Waals surface area (Å²) in [6.07, 6.45) is 12.2. The van der Waals surface area contributed by atoms with Crippen LogP contribution in [-0.2, 0) is 9.53 Å². The predicted molar refractivity (Wildman–Crippen MR) is 95.8 cm³/mol. The van der Waals surface area contributed by atoms with Gasteiger partial charge in [-0.05, 0) is 19.3 Å². The smallest absolute Gasteiger partial charge is 0.305 e. The van der Waals surface area contributed by atoms with Crippen LogP contribution in [-0.4, -0.2) is 46.7 Å². The zero-order valence-electron chi connectivity index (χ0n) is 15.4. The Morgan fingerprint density at radius 2 is 1.38 bits per heavy atom. The highest BCUT2D eigenvalue weighted by atomic mass is 16.5. The van der Waals surface area contributed by atoms with Gasteiger partial charge in [0.25, 0.3) is 0 Å². The van der Waals surface area contributed by atoms with Gasteiger partial charge in [-0.25, -0.2) is 0 Å². The number of aliphatic hydroxyl groups excluding tert-OH is 3. The molecule has 144 valence electrons. The van der Waals surface area contributed by atoms with E-state index in [0.717, 1.165) is 51.4 Å². The van der Waals surface area contributed by atoms with Crippen molar-refractivity contribution >= 4 is 5.97 Å². The van der Waals surface area contributed by atoms with Crippen LogP contribution in [0.1, 0.15) is 90.4 Å². The molecule has 0 amide bonds. The van der Waals surface area contributed by atoms with Crippen molar-refractivity contribution in [2.45, 2.75) is 103 Å². The first-order chi connectivity index (χ1) is 11.6. The Hall–Kier alpha value is -0.650. The van der Waals surface area contributed by atoms with Gasteiger partial charge in [-0.3, -0.25) is 4.79 Å². The van der Waals surface area contributed by atoms with Crippen LogP contribution in [0.3, 0.4) is 0 Å². The minimum Gasteiger partial charge on any atom is -0.463 e. The molecule has 0 heterocycles. The zero-order chi connectivity index (χ0) is 18.0. The molecule has 0 saturated heterocycles. The van der Waals surface area contributed by atoms with Crippen molar-refractivity contribution in [3.05, 3.63) is 0 Å². The molecule has 0 aliphatic rings. The van der Waals surface area contributed by atoms with Gasteiger partial charge in [0.05, 0.1) is 12.7 Å². The fraction of sp³-hybridized carbons (Fsp3) is 0.947. The average molecular weight is 347 g/mol. The first kappa shape index (κ1) is 23.4. The molecule has 0 aliphatic heterocycles. The topological polar surface area (TPSA) is 87.0 Å². The van der Waals surface area contributed by atoms with Crippen molar-refractivity contribution in [3.63, 3.8) is 0 Å². The molecule has 0 spiro atoms. The van der Waals surface area contributed by atoms with Crippen LogP contribution in [0.5, 0.6) is 0 Å². The number of carbonyl (C=O) groups excluding carboxylic acids is 1. The van der Waals surface area contributed by atoms with Gasteiger partial charge in [0, 0.05) is 6.42 Å². The van der Waals surface area contributed by atoms with Crippen LogP contribution in [0.2, 0.25) is 0 Å². The Morgan fingerprint density at radius 3 is 1.96 bits per heavy atom. The highest BCUT2D eigenvalue weighted by molar-refractivity contribution is 5.69. The van der Waals surface area contributed by atoms with Gasteiger partial charge in [-0.1, -0.05) is 64.7 Å². The molecule has 0 aromatic heterocycles. The van der Waals surface area contributed by atoms with Crippen LogP contribution < -0.4 is 0 Å². The fourth-order valence-electron chi connectivity index (χ4n) is 2.62. The van der Waals surface area contributed by atoms with Crippen LogP contribution >= 0.6 is 0 Å². The molecule has 0 aliphatic carbocycles. The van der Waals surface area contributed by atoms with E-state index in [-0.39, 0.29) is 18.7 Å². The quantitative estimate of drug-likeness (QED) is 0.278. The maximum Gasteiger partial charge on any atom is 0.305 e. The molecule has 0 aromatic rings. The molecule has 0 rings (SSSR count). The van der Waals surface area contributed by atoms with Crippen LogP contribution in [0.15, 0.2) is 0 Å². The second kappa shape index (κ2) is 17.2. The fourth-order valence-corrected chi connectivity index (χ4v) is 2.62. The third-order valence-corrected chi connectivity index (χ3v) is 4.21. The number of ether oxygens (including phenoxy) is 1. The SMILES string of the molecule is CCCCCCCC(O)CCCCCCCC(=O)OC[C@H](O)CO. The maximum atomic E-state index is 11.4. The summed E-state index contributed by atoms with van der Waals surface area (Å²) in [5.74, 6) is -0.319. The largest absolute Gasteiger partial charge is 0.463 e. The molecule has 2 atom stereocenters. The molecule has 3 N–H and O–H groups in total. The lowest BCUT2D eigenvalue weighted by atomic mass is 10.0. The summed E-state index contributed by atoms with van der Waals surface area (Å²) in [7, 11) is 0. The summed E-state index contributed by atoms with van der Waals surface area (Å²) in [5, 5.41) is 27.6. The molecule has 0 aromatic carbocycles. The minimum atomic E-state index is -0.980. The van der Waals surface area contributed by atoms with E-state index in [2.05, 4.69) is 6.92 Å². The van der Waals surface area contributed by atoms with E-state index < -0.39 is 12.7 Å². The van der Waals surface area contributed by atoms with Gasteiger partial charge in [0.1, 0.15) is 12.7 Å². The summed E-state index contributed by atoms with van der Waals surface area (Å²) in [6, 6.07) is 0. The predicted octanol–water partition coefficient (Wildman–Crippen LogP) is 3.33. The third kappa shape index (κ3) is 16.2. The molecule has 24 heavy (non-hydrogen) atoms. The highest BCUT2D eigenvalue weighted by Crippen LogP contribution is 2.13. The number of esters is 1. The van der Waals surface area contributed by atoms with Gasteiger partial charge >= 0.3 is 5.97 Å². The van der Waals surface area contributed by atoms with Crippen molar-refractivity contribution in [1.82, 2.24) is 0 Å². The van der Waals surface area contributed by atoms with Gasteiger partial charge in [0.2, 0.25) is 0 Å².